The minimum absolute atomic E-state index is 0.0982. The third-order valence-corrected chi connectivity index (χ3v) is 1.67. The molecule has 6 heteroatoms. The normalized spacial score (nSPS) is 9.80. The Balaban J connectivity index is 4.20. The number of ether oxygens (including phenoxy) is 2. The summed E-state index contributed by atoms with van der Waals surface area (Å²) >= 11 is 0. The Morgan fingerprint density at radius 3 is 2.47 bits per heavy atom. The molecule has 0 fully saturated rings. The summed E-state index contributed by atoms with van der Waals surface area (Å²) in [5.41, 5.74) is 0. The maximum Gasteiger partial charge on any atom is 0.397 e. The first-order chi connectivity index (χ1) is 7.17. The molecule has 15 heavy (non-hydrogen) atoms. The Hall–Kier alpha value is -1.14. The molecule has 0 aliphatic rings. The van der Waals surface area contributed by atoms with Gasteiger partial charge in [-0.1, -0.05) is 0 Å². The van der Waals surface area contributed by atoms with Gasteiger partial charge in [0.1, 0.15) is 0 Å². The summed E-state index contributed by atoms with van der Waals surface area (Å²) in [4.78, 5) is 23.7. The number of carbonyl (C=O) groups is 2. The number of aliphatic hydroxyl groups excluding tert-OH is 1. The van der Waals surface area contributed by atoms with Crippen molar-refractivity contribution in [2.75, 3.05) is 40.0 Å². The summed E-state index contributed by atoms with van der Waals surface area (Å²) in [5, 5.41) is 8.71. The number of methoxy groups -OCH3 is 1. The van der Waals surface area contributed by atoms with Crippen molar-refractivity contribution in [3.8, 4) is 0 Å². The quantitative estimate of drug-likeness (QED) is 0.459. The molecule has 0 saturated carbocycles. The van der Waals surface area contributed by atoms with E-state index in [-0.39, 0.29) is 26.3 Å². The molecule has 0 heterocycles. The van der Waals surface area contributed by atoms with Gasteiger partial charge >= 0.3 is 11.9 Å². The smallest absolute Gasteiger partial charge is 0.397 e. The van der Waals surface area contributed by atoms with Gasteiger partial charge in [0.2, 0.25) is 0 Å². The first kappa shape index (κ1) is 13.9. The molecule has 1 N–H and O–H groups in total. The van der Waals surface area contributed by atoms with E-state index in [1.54, 1.807) is 6.92 Å². The van der Waals surface area contributed by atoms with Crippen LogP contribution in [0.2, 0.25) is 0 Å². The number of rotatable bonds is 6. The third-order valence-electron chi connectivity index (χ3n) is 1.67. The minimum Gasteiger partial charge on any atom is -0.459 e. The molecule has 0 saturated heterocycles. The highest BCUT2D eigenvalue weighted by atomic mass is 16.5. The highest BCUT2D eigenvalue weighted by molar-refractivity contribution is 6.32. The van der Waals surface area contributed by atoms with Crippen LogP contribution in [-0.2, 0) is 19.1 Å². The van der Waals surface area contributed by atoms with Crippen LogP contribution in [0.25, 0.3) is 0 Å². The van der Waals surface area contributed by atoms with Gasteiger partial charge in [0.15, 0.2) is 0 Å². The first-order valence-corrected chi connectivity index (χ1v) is 4.73. The maximum atomic E-state index is 11.4. The molecule has 0 aromatic heterocycles. The topological polar surface area (TPSA) is 76.1 Å². The summed E-state index contributed by atoms with van der Waals surface area (Å²) < 4.78 is 9.34. The lowest BCUT2D eigenvalue weighted by atomic mass is 10.4. The van der Waals surface area contributed by atoms with Gasteiger partial charge in [-0.05, 0) is 6.92 Å². The molecular weight excluding hydrogens is 202 g/mol. The second kappa shape index (κ2) is 8.19. The molecule has 0 aliphatic carbocycles. The number of aliphatic hydroxyl groups is 1. The van der Waals surface area contributed by atoms with E-state index in [9.17, 15) is 9.59 Å². The van der Waals surface area contributed by atoms with E-state index >= 15 is 0 Å². The molecule has 0 spiro atoms. The van der Waals surface area contributed by atoms with Crippen LogP contribution in [0.5, 0.6) is 0 Å². The van der Waals surface area contributed by atoms with Gasteiger partial charge < -0.3 is 19.5 Å². The van der Waals surface area contributed by atoms with Crippen molar-refractivity contribution in [2.45, 2.75) is 6.92 Å². The molecule has 0 rings (SSSR count). The Kier molecular flexibility index (Phi) is 7.57. The SMILES string of the molecule is CCOC(=O)C(=O)N(CCO)CCOC. The molecule has 0 radical (unpaired) electrons. The van der Waals surface area contributed by atoms with Crippen molar-refractivity contribution >= 4 is 11.9 Å². The fraction of sp³-hybridized carbons (Fsp3) is 0.778. The van der Waals surface area contributed by atoms with Crippen LogP contribution in [0.15, 0.2) is 0 Å². The second-order valence-electron chi connectivity index (χ2n) is 2.73. The summed E-state index contributed by atoms with van der Waals surface area (Å²) in [6.07, 6.45) is 0. The van der Waals surface area contributed by atoms with Gasteiger partial charge in [-0.25, -0.2) is 4.79 Å². The van der Waals surface area contributed by atoms with Gasteiger partial charge in [-0.15, -0.1) is 0 Å². The van der Waals surface area contributed by atoms with E-state index < -0.39 is 11.9 Å². The molecule has 1 amide bonds. The second-order valence-corrected chi connectivity index (χ2v) is 2.73. The number of hydrogen-bond donors (Lipinski definition) is 1. The Labute approximate surface area is 88.8 Å². The standard InChI is InChI=1S/C9H17NO5/c1-3-15-9(13)8(12)10(4-6-11)5-7-14-2/h11H,3-7H2,1-2H3. The summed E-state index contributed by atoms with van der Waals surface area (Å²) in [6, 6.07) is 0. The number of hydrogen-bond acceptors (Lipinski definition) is 5. The van der Waals surface area contributed by atoms with Crippen molar-refractivity contribution in [3.63, 3.8) is 0 Å². The predicted octanol–water partition coefficient (Wildman–Crippen LogP) is -0.983. The Morgan fingerprint density at radius 2 is 2.00 bits per heavy atom. The zero-order chi connectivity index (χ0) is 11.7. The molecule has 0 atom stereocenters. The van der Waals surface area contributed by atoms with Gasteiger partial charge in [0.25, 0.3) is 0 Å². The van der Waals surface area contributed by atoms with Crippen molar-refractivity contribution in [2.24, 2.45) is 0 Å². The summed E-state index contributed by atoms with van der Waals surface area (Å²) in [6.45, 7) is 2.24. The molecule has 0 aromatic rings. The maximum absolute atomic E-state index is 11.4. The van der Waals surface area contributed by atoms with Crippen LogP contribution in [0.1, 0.15) is 6.92 Å². The van der Waals surface area contributed by atoms with Crippen LogP contribution < -0.4 is 0 Å². The fourth-order valence-electron chi connectivity index (χ4n) is 0.959. The van der Waals surface area contributed by atoms with Crippen molar-refractivity contribution in [1.29, 1.82) is 0 Å². The van der Waals surface area contributed by atoms with Crippen LogP contribution in [0, 0.1) is 0 Å². The van der Waals surface area contributed by atoms with Crippen LogP contribution in [0.3, 0.4) is 0 Å². The molecular formula is C9H17NO5. The highest BCUT2D eigenvalue weighted by Crippen LogP contribution is 1.93. The molecule has 0 aromatic carbocycles. The molecule has 0 aliphatic heterocycles. The minimum atomic E-state index is -0.901. The largest absolute Gasteiger partial charge is 0.459 e. The molecule has 6 nitrogen and oxygen atoms in total. The Bertz CT molecular complexity index is 207. The third kappa shape index (κ3) is 5.34. The zero-order valence-electron chi connectivity index (χ0n) is 9.06. The number of carbonyl (C=O) groups excluding carboxylic acids is 2. The van der Waals surface area contributed by atoms with Gasteiger partial charge in [0.05, 0.1) is 19.8 Å². The van der Waals surface area contributed by atoms with E-state index in [4.69, 9.17) is 9.84 Å². The van der Waals surface area contributed by atoms with Crippen molar-refractivity contribution in [3.05, 3.63) is 0 Å². The van der Waals surface area contributed by atoms with Crippen LogP contribution >= 0.6 is 0 Å². The van der Waals surface area contributed by atoms with Crippen molar-refractivity contribution < 1.29 is 24.2 Å². The predicted molar refractivity (Wildman–Crippen MR) is 52.2 cm³/mol. The number of nitrogens with zero attached hydrogens (tertiary/aromatic N) is 1. The average molecular weight is 219 g/mol. The van der Waals surface area contributed by atoms with E-state index in [1.165, 1.54) is 12.0 Å². The molecule has 0 bridgehead atoms. The monoisotopic (exact) mass is 219 g/mol. The lowest BCUT2D eigenvalue weighted by Crippen LogP contribution is -2.41. The first-order valence-electron chi connectivity index (χ1n) is 4.73. The van der Waals surface area contributed by atoms with E-state index in [0.717, 1.165) is 0 Å². The Morgan fingerprint density at radius 1 is 1.33 bits per heavy atom. The van der Waals surface area contributed by atoms with Gasteiger partial charge in [0, 0.05) is 20.2 Å². The summed E-state index contributed by atoms with van der Waals surface area (Å²) in [5.74, 6) is -1.65. The number of amides is 1. The van der Waals surface area contributed by atoms with E-state index in [2.05, 4.69) is 4.74 Å². The van der Waals surface area contributed by atoms with Crippen molar-refractivity contribution in [1.82, 2.24) is 4.90 Å². The summed E-state index contributed by atoms with van der Waals surface area (Å²) in [7, 11) is 1.49. The van der Waals surface area contributed by atoms with Gasteiger partial charge in [-0.3, -0.25) is 4.79 Å². The fourth-order valence-corrected chi connectivity index (χ4v) is 0.959. The van der Waals surface area contributed by atoms with Crippen LogP contribution in [0.4, 0.5) is 0 Å². The van der Waals surface area contributed by atoms with Gasteiger partial charge in [-0.2, -0.15) is 0 Å². The van der Waals surface area contributed by atoms with E-state index in [1.807, 2.05) is 0 Å². The van der Waals surface area contributed by atoms with Crippen LogP contribution in [-0.4, -0.2) is 61.9 Å². The lowest BCUT2D eigenvalue weighted by Gasteiger charge is -2.19. The number of esters is 1. The molecule has 0 unspecified atom stereocenters. The van der Waals surface area contributed by atoms with E-state index in [0.29, 0.717) is 6.61 Å². The average Bonchev–Trinajstić information content (AvgIpc) is 2.23. The molecule has 88 valence electrons. The zero-order valence-corrected chi connectivity index (χ0v) is 9.06. The highest BCUT2D eigenvalue weighted by Gasteiger charge is 2.22. The lowest BCUT2D eigenvalue weighted by molar-refractivity contribution is -0.160.